The Morgan fingerprint density at radius 1 is 1.43 bits per heavy atom. The highest BCUT2D eigenvalue weighted by atomic mass is 31.3. The molecule has 0 heterocycles. The van der Waals surface area contributed by atoms with E-state index >= 15 is 0 Å². The molecule has 0 aliphatic carbocycles. The van der Waals surface area contributed by atoms with E-state index in [4.69, 9.17) is 14.7 Å². The van der Waals surface area contributed by atoms with Crippen LogP contribution in [0.15, 0.2) is 12.2 Å². The van der Waals surface area contributed by atoms with Gasteiger partial charge >= 0.3 is 15.6 Å². The maximum Gasteiger partial charge on any atom is 0.481 e. The van der Waals surface area contributed by atoms with Gasteiger partial charge in [-0.25, -0.2) is 9.13 Å². The largest absolute Gasteiger partial charge is 0.481 e. The molecule has 7 nitrogen and oxygen atoms in total. The average molecular weight is 248 g/mol. The quantitative estimate of drug-likeness (QED) is 0.477. The molecule has 0 radical (unpaired) electrons. The van der Waals surface area contributed by atoms with Gasteiger partial charge < -0.3 is 14.7 Å². The normalized spacial score (nSPS) is 16.3. The molecular formula is C5H12O7P2. The molecular weight excluding hydrogens is 236 g/mol. The maximum absolute atomic E-state index is 10.8. The molecule has 0 rings (SSSR count). The van der Waals surface area contributed by atoms with Gasteiger partial charge in [-0.15, -0.1) is 6.58 Å². The van der Waals surface area contributed by atoms with Crippen LogP contribution in [-0.2, 0) is 18.0 Å². The van der Waals surface area contributed by atoms with Crippen molar-refractivity contribution < 1.29 is 32.6 Å². The summed E-state index contributed by atoms with van der Waals surface area (Å²) < 4.78 is 28.8. The van der Waals surface area contributed by atoms with Gasteiger partial charge in [0.2, 0.25) is 0 Å². The predicted octanol–water partition coefficient (Wildman–Crippen LogP) is 1.18. The predicted molar refractivity (Wildman–Crippen MR) is 48.3 cm³/mol. The summed E-state index contributed by atoms with van der Waals surface area (Å²) in [6.07, 6.45) is 0.301. The number of phosphoric acid groups is 2. The molecule has 0 aliphatic heterocycles. The Kier molecular flexibility index (Phi) is 5.19. The third kappa shape index (κ3) is 8.59. The minimum atomic E-state index is -5.01. The van der Waals surface area contributed by atoms with Gasteiger partial charge in [-0.2, -0.15) is 4.31 Å². The third-order valence-corrected chi connectivity index (χ3v) is 3.18. The van der Waals surface area contributed by atoms with E-state index in [2.05, 4.69) is 15.4 Å². The zero-order chi connectivity index (χ0) is 11.4. The number of phosphoric ester groups is 1. The summed E-state index contributed by atoms with van der Waals surface area (Å²) in [5.41, 5.74) is 0.709. The lowest BCUT2D eigenvalue weighted by Gasteiger charge is -2.11. The van der Waals surface area contributed by atoms with E-state index in [1.807, 2.05) is 0 Å². The van der Waals surface area contributed by atoms with Gasteiger partial charge in [0.05, 0.1) is 6.61 Å². The fourth-order valence-electron chi connectivity index (χ4n) is 0.493. The first-order chi connectivity index (χ1) is 6.12. The lowest BCUT2D eigenvalue weighted by Crippen LogP contribution is -1.96. The average Bonchev–Trinajstić information content (AvgIpc) is 1.78. The monoisotopic (exact) mass is 248 g/mol. The first-order valence-corrected chi connectivity index (χ1v) is 6.53. The highest BCUT2D eigenvalue weighted by Gasteiger charge is 2.31. The van der Waals surface area contributed by atoms with Crippen molar-refractivity contribution in [1.29, 1.82) is 0 Å². The van der Waals surface area contributed by atoms with Crippen LogP contribution in [0.5, 0.6) is 0 Å². The van der Waals surface area contributed by atoms with Crippen molar-refractivity contribution in [3.63, 3.8) is 0 Å². The van der Waals surface area contributed by atoms with Gasteiger partial charge in [0.25, 0.3) is 0 Å². The molecule has 3 N–H and O–H groups in total. The minimum Gasteiger partial charge on any atom is -0.302 e. The van der Waals surface area contributed by atoms with E-state index in [1.165, 1.54) is 0 Å². The van der Waals surface area contributed by atoms with Crippen molar-refractivity contribution >= 4 is 15.6 Å². The van der Waals surface area contributed by atoms with Crippen LogP contribution in [-0.4, -0.2) is 21.3 Å². The maximum atomic E-state index is 10.8. The number of rotatable bonds is 6. The summed E-state index contributed by atoms with van der Waals surface area (Å²) in [5, 5.41) is 0. The Bertz CT molecular complexity index is 292. The molecule has 0 saturated carbocycles. The van der Waals surface area contributed by atoms with E-state index in [0.29, 0.717) is 12.0 Å². The van der Waals surface area contributed by atoms with Crippen LogP contribution in [0.1, 0.15) is 13.3 Å². The Balaban J connectivity index is 4.03. The van der Waals surface area contributed by atoms with E-state index < -0.39 is 15.6 Å². The Morgan fingerprint density at radius 3 is 2.29 bits per heavy atom. The SMILES string of the molecule is C=C(C)C[14CH2]OP(=O)(O)OP(=O)(O)O. The summed E-state index contributed by atoms with van der Waals surface area (Å²) >= 11 is 0. The van der Waals surface area contributed by atoms with Crippen LogP contribution < -0.4 is 0 Å². The third-order valence-electron chi connectivity index (χ3n) is 0.993. The summed E-state index contributed by atoms with van der Waals surface area (Å²) in [7, 11) is -9.69. The van der Waals surface area contributed by atoms with Crippen LogP contribution in [0, 0.1) is 0 Å². The molecule has 84 valence electrons. The first kappa shape index (κ1) is 14.0. The minimum absolute atomic E-state index is 0.191. The van der Waals surface area contributed by atoms with Gasteiger partial charge in [-0.1, -0.05) is 5.57 Å². The van der Waals surface area contributed by atoms with Gasteiger partial charge in [0.1, 0.15) is 0 Å². The molecule has 0 spiro atoms. The zero-order valence-corrected chi connectivity index (χ0v) is 9.28. The summed E-state index contributed by atoms with van der Waals surface area (Å²) in [4.78, 5) is 25.2. The molecule has 0 fully saturated rings. The smallest absolute Gasteiger partial charge is 0.302 e. The second-order valence-electron chi connectivity index (χ2n) is 2.58. The molecule has 0 amide bonds. The van der Waals surface area contributed by atoms with Crippen molar-refractivity contribution in [1.82, 2.24) is 0 Å². The molecule has 0 aromatic rings. The molecule has 9 heteroatoms. The second-order valence-corrected chi connectivity index (χ2v) is 5.41. The lowest BCUT2D eigenvalue weighted by atomic mass is 10.4. The molecule has 0 saturated heterocycles. The lowest BCUT2D eigenvalue weighted by molar-refractivity contribution is 0.180. The van der Waals surface area contributed by atoms with E-state index in [9.17, 15) is 9.13 Å². The Labute approximate surface area is 81.2 Å². The van der Waals surface area contributed by atoms with Crippen molar-refractivity contribution in [2.45, 2.75) is 13.3 Å². The topological polar surface area (TPSA) is 113 Å². The van der Waals surface area contributed by atoms with Crippen LogP contribution in [0.2, 0.25) is 0 Å². The summed E-state index contributed by atoms with van der Waals surface area (Å²) in [6, 6.07) is 0. The van der Waals surface area contributed by atoms with Gasteiger partial charge in [0.15, 0.2) is 0 Å². The van der Waals surface area contributed by atoms with E-state index in [1.54, 1.807) is 6.92 Å². The molecule has 0 aromatic carbocycles. The molecule has 0 aromatic heterocycles. The van der Waals surface area contributed by atoms with E-state index in [-0.39, 0.29) is 6.61 Å². The van der Waals surface area contributed by atoms with Crippen molar-refractivity contribution in [2.24, 2.45) is 0 Å². The molecule has 1 unspecified atom stereocenters. The number of hydrogen-bond acceptors (Lipinski definition) is 4. The molecule has 0 bridgehead atoms. The molecule has 14 heavy (non-hydrogen) atoms. The zero-order valence-electron chi connectivity index (χ0n) is 7.49. The Hall–Kier alpha value is -0.0000000000000000416. The highest BCUT2D eigenvalue weighted by molar-refractivity contribution is 7.60. The Morgan fingerprint density at radius 2 is 1.93 bits per heavy atom. The fourth-order valence-corrected chi connectivity index (χ4v) is 2.08. The van der Waals surface area contributed by atoms with Crippen LogP contribution in [0.3, 0.4) is 0 Å². The second kappa shape index (κ2) is 5.19. The van der Waals surface area contributed by atoms with Crippen molar-refractivity contribution in [3.8, 4) is 0 Å². The first-order valence-electron chi connectivity index (χ1n) is 3.51. The van der Waals surface area contributed by atoms with Gasteiger partial charge in [0, 0.05) is 0 Å². The number of hydrogen-bond donors (Lipinski definition) is 3. The highest BCUT2D eigenvalue weighted by Crippen LogP contribution is 2.57. The van der Waals surface area contributed by atoms with Crippen molar-refractivity contribution in [2.75, 3.05) is 6.61 Å². The van der Waals surface area contributed by atoms with Crippen LogP contribution in [0.4, 0.5) is 0 Å². The fraction of sp³-hybridized carbons (Fsp3) is 0.600. The van der Waals surface area contributed by atoms with E-state index in [0.717, 1.165) is 0 Å². The van der Waals surface area contributed by atoms with Gasteiger partial charge in [-0.05, 0) is 13.3 Å². The molecule has 0 aliphatic rings. The van der Waals surface area contributed by atoms with Crippen molar-refractivity contribution in [3.05, 3.63) is 12.2 Å². The van der Waals surface area contributed by atoms with Crippen LogP contribution >= 0.6 is 15.6 Å². The van der Waals surface area contributed by atoms with Crippen LogP contribution in [0.25, 0.3) is 0 Å². The summed E-state index contributed by atoms with van der Waals surface area (Å²) in [6.45, 7) is 4.99. The summed E-state index contributed by atoms with van der Waals surface area (Å²) in [5.74, 6) is 0. The standard InChI is InChI=1S/C5H12O7P2/c1-5(2)3-4-11-14(9,10)12-13(6,7)8/h1,3-4H2,2H3,(H,9,10)(H2,6,7,8)/i4+2. The molecule has 1 atom stereocenters. The van der Waals surface area contributed by atoms with Gasteiger partial charge in [-0.3, -0.25) is 4.52 Å².